The molecule has 1 amide bonds. The highest BCUT2D eigenvalue weighted by Crippen LogP contribution is 2.26. The highest BCUT2D eigenvalue weighted by atomic mass is 16.3. The minimum Gasteiger partial charge on any atom is -0.466 e. The first-order valence-electron chi connectivity index (χ1n) is 7.89. The van der Waals surface area contributed by atoms with Gasteiger partial charge < -0.3 is 14.8 Å². The molecule has 0 radical (unpaired) electrons. The summed E-state index contributed by atoms with van der Waals surface area (Å²) in [5.41, 5.74) is -0.577. The molecule has 3 aromatic heterocycles. The Morgan fingerprint density at radius 3 is 2.80 bits per heavy atom. The lowest BCUT2D eigenvalue weighted by atomic mass is 9.96. The van der Waals surface area contributed by atoms with E-state index < -0.39 is 11.5 Å². The third-order valence-corrected chi connectivity index (χ3v) is 4.03. The Morgan fingerprint density at radius 2 is 2.16 bits per heavy atom. The molecule has 0 aromatic carbocycles. The smallest absolute Gasteiger partial charge is 0.350 e. The average molecular weight is 344 g/mol. The van der Waals surface area contributed by atoms with Crippen molar-refractivity contribution < 1.29 is 14.3 Å². The third kappa shape index (κ3) is 3.34. The highest BCUT2D eigenvalue weighted by molar-refractivity contribution is 5.75. The van der Waals surface area contributed by atoms with Gasteiger partial charge in [-0.05, 0) is 39.0 Å². The molecule has 1 atom stereocenters. The zero-order valence-corrected chi connectivity index (χ0v) is 14.3. The molecule has 3 aromatic rings. The number of furan rings is 1. The molecular weight excluding hydrogens is 324 g/mol. The Kier molecular flexibility index (Phi) is 4.22. The first kappa shape index (κ1) is 17.0. The van der Waals surface area contributed by atoms with Crippen LogP contribution in [0.4, 0.5) is 0 Å². The maximum atomic E-state index is 12.2. The van der Waals surface area contributed by atoms with Gasteiger partial charge in [-0.25, -0.2) is 9.48 Å². The molecule has 8 nitrogen and oxygen atoms in total. The molecule has 0 saturated heterocycles. The molecule has 2 N–H and O–H groups in total. The van der Waals surface area contributed by atoms with E-state index in [1.807, 2.05) is 0 Å². The van der Waals surface area contributed by atoms with E-state index >= 15 is 0 Å². The van der Waals surface area contributed by atoms with Gasteiger partial charge in [0.05, 0.1) is 6.54 Å². The van der Waals surface area contributed by atoms with Crippen LogP contribution in [-0.4, -0.2) is 31.7 Å². The second-order valence-corrected chi connectivity index (χ2v) is 6.25. The predicted octanol–water partition coefficient (Wildman–Crippen LogP) is 0.730. The Balaban J connectivity index is 1.69. The van der Waals surface area contributed by atoms with E-state index in [1.54, 1.807) is 51.2 Å². The number of pyridine rings is 1. The van der Waals surface area contributed by atoms with Crippen LogP contribution >= 0.6 is 0 Å². The van der Waals surface area contributed by atoms with Gasteiger partial charge in [0, 0.05) is 11.8 Å². The molecule has 0 fully saturated rings. The van der Waals surface area contributed by atoms with E-state index in [-0.39, 0.29) is 18.8 Å². The quantitative estimate of drug-likeness (QED) is 0.710. The van der Waals surface area contributed by atoms with Gasteiger partial charge >= 0.3 is 5.69 Å². The average Bonchev–Trinajstić information content (AvgIpc) is 3.06. The molecule has 0 aliphatic heterocycles. The Hall–Kier alpha value is -2.87. The number of fused-ring (bicyclic) bond motifs is 1. The minimum atomic E-state index is -1.28. The summed E-state index contributed by atoms with van der Waals surface area (Å²) in [5.74, 6) is 0.882. The van der Waals surface area contributed by atoms with Gasteiger partial charge in [-0.1, -0.05) is 6.07 Å². The fraction of sp³-hybridized carbons (Fsp3) is 0.353. The number of amides is 1. The largest absolute Gasteiger partial charge is 0.466 e. The van der Waals surface area contributed by atoms with Gasteiger partial charge in [-0.2, -0.15) is 0 Å². The summed E-state index contributed by atoms with van der Waals surface area (Å²) in [6.07, 6.45) is 1.59. The van der Waals surface area contributed by atoms with Crippen molar-refractivity contribution in [2.75, 3.05) is 6.54 Å². The highest BCUT2D eigenvalue weighted by Gasteiger charge is 2.28. The predicted molar refractivity (Wildman–Crippen MR) is 90.2 cm³/mol. The van der Waals surface area contributed by atoms with E-state index in [0.717, 1.165) is 4.68 Å². The van der Waals surface area contributed by atoms with Gasteiger partial charge in [0.25, 0.3) is 0 Å². The second kappa shape index (κ2) is 6.21. The van der Waals surface area contributed by atoms with E-state index in [0.29, 0.717) is 22.7 Å². The summed E-state index contributed by atoms with van der Waals surface area (Å²) in [4.78, 5) is 24.3. The first-order chi connectivity index (χ1) is 11.8. The number of nitrogens with zero attached hydrogens (tertiary/aromatic N) is 3. The fourth-order valence-corrected chi connectivity index (χ4v) is 2.79. The van der Waals surface area contributed by atoms with Gasteiger partial charge in [-0.3, -0.25) is 9.20 Å². The van der Waals surface area contributed by atoms with Gasteiger partial charge in [0.1, 0.15) is 23.7 Å². The van der Waals surface area contributed by atoms with Crippen molar-refractivity contribution >= 4 is 11.6 Å². The summed E-state index contributed by atoms with van der Waals surface area (Å²) < 4.78 is 7.87. The molecule has 0 spiro atoms. The van der Waals surface area contributed by atoms with E-state index in [4.69, 9.17) is 4.42 Å². The molecule has 3 heterocycles. The van der Waals surface area contributed by atoms with Crippen LogP contribution in [-0.2, 0) is 16.9 Å². The molecular formula is C17H20N4O4. The van der Waals surface area contributed by atoms with Crippen molar-refractivity contribution in [3.05, 3.63) is 58.0 Å². The van der Waals surface area contributed by atoms with Crippen LogP contribution in [0.1, 0.15) is 24.0 Å². The molecule has 0 aliphatic rings. The normalized spacial score (nSPS) is 13.8. The molecule has 0 bridgehead atoms. The van der Waals surface area contributed by atoms with E-state index in [9.17, 15) is 14.7 Å². The first-order valence-corrected chi connectivity index (χ1v) is 7.89. The summed E-state index contributed by atoms with van der Waals surface area (Å²) >= 11 is 0. The summed E-state index contributed by atoms with van der Waals surface area (Å²) in [5, 5.41) is 17.3. The Bertz CT molecular complexity index is 980. The van der Waals surface area contributed by atoms with Crippen LogP contribution < -0.4 is 11.0 Å². The van der Waals surface area contributed by atoms with Gasteiger partial charge in [-0.15, -0.1) is 5.10 Å². The van der Waals surface area contributed by atoms with E-state index in [2.05, 4.69) is 10.4 Å². The van der Waals surface area contributed by atoms with Crippen LogP contribution in [0, 0.1) is 13.8 Å². The van der Waals surface area contributed by atoms with E-state index in [1.165, 1.54) is 4.40 Å². The Labute approximate surface area is 143 Å². The van der Waals surface area contributed by atoms with Gasteiger partial charge in [0.2, 0.25) is 5.91 Å². The SMILES string of the molecule is Cc1cc(C(C)(O)CNC(=O)Cn2nc3ccccn3c2=O)c(C)o1. The van der Waals surface area contributed by atoms with Crippen LogP contribution in [0.5, 0.6) is 0 Å². The zero-order valence-electron chi connectivity index (χ0n) is 14.3. The monoisotopic (exact) mass is 344 g/mol. The molecule has 132 valence electrons. The standard InChI is InChI=1S/C17H20N4O4/c1-11-8-13(12(2)25-11)17(3,24)10-18-15(22)9-21-16(23)20-7-5-4-6-14(20)19-21/h4-8,24H,9-10H2,1-3H3,(H,18,22). The number of carbonyl (C=O) groups excluding carboxylic acids is 1. The van der Waals surface area contributed by atoms with Crippen molar-refractivity contribution in [3.63, 3.8) is 0 Å². The number of nitrogens with one attached hydrogen (secondary N) is 1. The van der Waals surface area contributed by atoms with Crippen LogP contribution in [0.2, 0.25) is 0 Å². The number of aliphatic hydroxyl groups is 1. The fourth-order valence-electron chi connectivity index (χ4n) is 2.79. The lowest BCUT2D eigenvalue weighted by Crippen LogP contribution is -2.41. The molecule has 3 rings (SSSR count). The van der Waals surface area contributed by atoms with Crippen molar-refractivity contribution in [2.24, 2.45) is 0 Å². The summed E-state index contributed by atoms with van der Waals surface area (Å²) in [7, 11) is 0. The molecule has 8 heteroatoms. The van der Waals surface area contributed by atoms with Crippen molar-refractivity contribution in [1.29, 1.82) is 0 Å². The zero-order chi connectivity index (χ0) is 18.2. The number of hydrogen-bond acceptors (Lipinski definition) is 5. The van der Waals surface area contributed by atoms with Gasteiger partial charge in [0.15, 0.2) is 5.65 Å². The number of aryl methyl sites for hydroxylation is 2. The molecule has 25 heavy (non-hydrogen) atoms. The van der Waals surface area contributed by atoms with Crippen LogP contribution in [0.15, 0.2) is 39.7 Å². The Morgan fingerprint density at radius 1 is 1.40 bits per heavy atom. The molecule has 1 unspecified atom stereocenters. The van der Waals surface area contributed by atoms with Crippen molar-refractivity contribution in [3.8, 4) is 0 Å². The van der Waals surface area contributed by atoms with Crippen molar-refractivity contribution in [2.45, 2.75) is 32.9 Å². The lowest BCUT2D eigenvalue weighted by Gasteiger charge is -2.23. The topological polar surface area (TPSA) is 102 Å². The maximum Gasteiger partial charge on any atom is 0.350 e. The van der Waals surface area contributed by atoms with Crippen molar-refractivity contribution in [1.82, 2.24) is 19.5 Å². The number of rotatable bonds is 5. The lowest BCUT2D eigenvalue weighted by molar-refractivity contribution is -0.123. The minimum absolute atomic E-state index is 0.00618. The summed E-state index contributed by atoms with van der Waals surface area (Å²) in [6, 6.07) is 6.91. The molecule has 0 saturated carbocycles. The second-order valence-electron chi connectivity index (χ2n) is 6.25. The number of aromatic nitrogens is 3. The third-order valence-electron chi connectivity index (χ3n) is 4.03. The number of hydrogen-bond donors (Lipinski definition) is 2. The number of carbonyl (C=O) groups is 1. The summed E-state index contributed by atoms with van der Waals surface area (Å²) in [6.45, 7) is 4.92. The van der Waals surface area contributed by atoms with Crippen LogP contribution in [0.25, 0.3) is 5.65 Å². The molecule has 0 aliphatic carbocycles. The van der Waals surface area contributed by atoms with Crippen LogP contribution in [0.3, 0.4) is 0 Å². The maximum absolute atomic E-state index is 12.2.